The van der Waals surface area contributed by atoms with Gasteiger partial charge in [0.15, 0.2) is 11.4 Å². The number of amides is 1. The van der Waals surface area contributed by atoms with E-state index in [0.29, 0.717) is 18.5 Å². The first kappa shape index (κ1) is 22.6. The van der Waals surface area contributed by atoms with Crippen molar-refractivity contribution in [2.75, 3.05) is 37.2 Å². The molecule has 0 aliphatic carbocycles. The second kappa shape index (κ2) is 9.29. The predicted octanol–water partition coefficient (Wildman–Crippen LogP) is 3.43. The minimum atomic E-state index is -0.551. The second-order valence-corrected chi connectivity index (χ2v) is 11.3. The number of thioether (sulfide) groups is 2. The molecule has 3 aliphatic rings. The first-order valence-corrected chi connectivity index (χ1v) is 13.6. The van der Waals surface area contributed by atoms with Crippen LogP contribution in [0.3, 0.4) is 0 Å². The van der Waals surface area contributed by atoms with Crippen molar-refractivity contribution in [3.05, 3.63) is 93.4 Å². The zero-order chi connectivity index (χ0) is 23.9. The molecule has 9 heteroatoms. The van der Waals surface area contributed by atoms with Crippen molar-refractivity contribution in [2.24, 2.45) is 0 Å². The maximum atomic E-state index is 13.5. The predicted molar refractivity (Wildman–Crippen MR) is 138 cm³/mol. The molecule has 180 valence electrons. The van der Waals surface area contributed by atoms with E-state index in [1.165, 1.54) is 16.5 Å². The van der Waals surface area contributed by atoms with Gasteiger partial charge in [-0.15, -0.1) is 11.8 Å². The summed E-state index contributed by atoms with van der Waals surface area (Å²) in [5, 5.41) is 13.3. The maximum Gasteiger partial charge on any atom is 0.277 e. The van der Waals surface area contributed by atoms with Crippen LogP contribution in [0.1, 0.15) is 33.2 Å². The Labute approximate surface area is 211 Å². The van der Waals surface area contributed by atoms with Crippen LogP contribution < -0.4 is 10.4 Å². The van der Waals surface area contributed by atoms with E-state index in [-0.39, 0.29) is 17.6 Å². The van der Waals surface area contributed by atoms with Crippen molar-refractivity contribution in [1.29, 1.82) is 0 Å². The molecule has 35 heavy (non-hydrogen) atoms. The number of carbonyl (C=O) groups excluding carboxylic acids is 1. The Bertz CT molecular complexity index is 1290. The van der Waals surface area contributed by atoms with Gasteiger partial charge in [-0.2, -0.15) is 11.8 Å². The van der Waals surface area contributed by atoms with E-state index < -0.39 is 11.2 Å². The molecular formula is C26H25N3O4S2. The fraction of sp³-hybridized carbons (Fsp3) is 0.308. The van der Waals surface area contributed by atoms with Crippen LogP contribution in [-0.2, 0) is 10.5 Å². The van der Waals surface area contributed by atoms with Crippen molar-refractivity contribution in [3.63, 3.8) is 0 Å². The van der Waals surface area contributed by atoms with Crippen LogP contribution in [0.2, 0.25) is 0 Å². The number of fused-ring (bicyclic) bond motifs is 3. The largest absolute Gasteiger partial charge is 0.502 e. The summed E-state index contributed by atoms with van der Waals surface area (Å²) in [6, 6.07) is 17.8. The van der Waals surface area contributed by atoms with E-state index in [1.54, 1.807) is 39.3 Å². The van der Waals surface area contributed by atoms with Crippen molar-refractivity contribution < 1.29 is 14.6 Å². The minimum Gasteiger partial charge on any atom is -0.502 e. The van der Waals surface area contributed by atoms with E-state index >= 15 is 0 Å². The van der Waals surface area contributed by atoms with E-state index in [1.807, 2.05) is 18.2 Å². The Kier molecular flexibility index (Phi) is 5.99. The number of ether oxygens (including phenoxy) is 1. The molecule has 0 radical (unpaired) electrons. The fourth-order valence-electron chi connectivity index (χ4n) is 4.82. The molecule has 0 bridgehead atoms. The van der Waals surface area contributed by atoms with Gasteiger partial charge in [0.1, 0.15) is 6.67 Å². The highest BCUT2D eigenvalue weighted by Crippen LogP contribution is 2.42. The molecule has 3 aliphatic heterocycles. The van der Waals surface area contributed by atoms with Crippen LogP contribution in [0.15, 0.2) is 70.5 Å². The van der Waals surface area contributed by atoms with Crippen molar-refractivity contribution in [1.82, 2.24) is 9.58 Å². The lowest BCUT2D eigenvalue weighted by Crippen LogP contribution is -2.56. The maximum absolute atomic E-state index is 13.5. The summed E-state index contributed by atoms with van der Waals surface area (Å²) >= 11 is 3.60. The van der Waals surface area contributed by atoms with Crippen molar-refractivity contribution >= 4 is 29.4 Å². The van der Waals surface area contributed by atoms with Gasteiger partial charge in [0.2, 0.25) is 5.43 Å². The number of hydrogen-bond acceptors (Lipinski definition) is 7. The summed E-state index contributed by atoms with van der Waals surface area (Å²) in [4.78, 5) is 28.8. The van der Waals surface area contributed by atoms with Crippen LogP contribution in [0, 0.1) is 0 Å². The average Bonchev–Trinajstić information content (AvgIpc) is 3.01. The summed E-state index contributed by atoms with van der Waals surface area (Å²) in [5.41, 5.74) is 3.00. The van der Waals surface area contributed by atoms with E-state index in [9.17, 15) is 14.7 Å². The molecule has 1 N–H and O–H groups in total. The Balaban J connectivity index is 1.46. The van der Waals surface area contributed by atoms with Crippen molar-refractivity contribution in [3.8, 4) is 5.75 Å². The summed E-state index contributed by atoms with van der Waals surface area (Å²) < 4.78 is 6.94. The van der Waals surface area contributed by atoms with Gasteiger partial charge in [-0.05, 0) is 22.8 Å². The average molecular weight is 508 g/mol. The molecule has 1 amide bonds. The zero-order valence-electron chi connectivity index (χ0n) is 19.0. The molecular weight excluding hydrogens is 482 g/mol. The highest BCUT2D eigenvalue weighted by atomic mass is 32.2. The topological polar surface area (TPSA) is 75.0 Å². The van der Waals surface area contributed by atoms with Gasteiger partial charge in [-0.3, -0.25) is 19.3 Å². The second-order valence-electron chi connectivity index (χ2n) is 8.83. The molecule has 1 saturated heterocycles. The number of pyridine rings is 1. The lowest BCUT2D eigenvalue weighted by molar-refractivity contribution is 0.0454. The molecule has 0 unspecified atom stereocenters. The molecule has 0 spiro atoms. The number of rotatable bonds is 5. The summed E-state index contributed by atoms with van der Waals surface area (Å²) in [6.07, 6.45) is 1.61. The monoisotopic (exact) mass is 507 g/mol. The zero-order valence-corrected chi connectivity index (χ0v) is 20.6. The fourth-order valence-corrected chi connectivity index (χ4v) is 6.96. The Morgan fingerprint density at radius 1 is 1.03 bits per heavy atom. The van der Waals surface area contributed by atoms with Gasteiger partial charge < -0.3 is 14.7 Å². The number of benzene rings is 2. The van der Waals surface area contributed by atoms with Gasteiger partial charge in [0.25, 0.3) is 5.91 Å². The number of hydrogen-bond donors (Lipinski definition) is 1. The van der Waals surface area contributed by atoms with E-state index in [0.717, 1.165) is 35.8 Å². The number of aromatic nitrogens is 1. The lowest BCUT2D eigenvalue weighted by atomic mass is 9.94. The molecule has 2 aromatic carbocycles. The quantitative estimate of drug-likeness (QED) is 0.567. The molecule has 0 saturated carbocycles. The Morgan fingerprint density at radius 3 is 2.60 bits per heavy atom. The number of carbonyl (C=O) groups is 1. The first-order valence-electron chi connectivity index (χ1n) is 11.6. The minimum absolute atomic E-state index is 0.0209. The standard InChI is InChI=1S/C26H25N3O4S2/c30-21-9-10-28-24(25(21)31)26(32)27(11-12-34-18-13-33-14-18)16-29(28)23-19-6-2-1-5-17(19)15-35-22-8-4-3-7-20(22)23/h1-10,18,23,31H,11-16H2/t23-/m0/s1. The van der Waals surface area contributed by atoms with Crippen LogP contribution in [-0.4, -0.2) is 58.0 Å². The molecule has 6 rings (SSSR count). The molecule has 7 nitrogen and oxygen atoms in total. The van der Waals surface area contributed by atoms with E-state index in [4.69, 9.17) is 4.74 Å². The molecule has 1 atom stereocenters. The number of aromatic hydroxyl groups is 1. The lowest BCUT2D eigenvalue weighted by Gasteiger charge is -2.44. The van der Waals surface area contributed by atoms with Gasteiger partial charge >= 0.3 is 0 Å². The van der Waals surface area contributed by atoms with Crippen LogP contribution in [0.4, 0.5) is 0 Å². The first-order chi connectivity index (χ1) is 17.1. The van der Waals surface area contributed by atoms with Gasteiger partial charge in [0.05, 0.1) is 24.5 Å². The van der Waals surface area contributed by atoms with Crippen LogP contribution >= 0.6 is 23.5 Å². The summed E-state index contributed by atoms with van der Waals surface area (Å²) in [7, 11) is 0. The SMILES string of the molecule is O=C1c2c(O)c(=O)ccn2N([C@H]2c3ccccc3CSc3ccccc32)CN1CCSC1COC1. The third-order valence-corrected chi connectivity index (χ3v) is 9.00. The van der Waals surface area contributed by atoms with Crippen molar-refractivity contribution in [2.45, 2.75) is 21.9 Å². The third-order valence-electron chi connectivity index (χ3n) is 6.70. The van der Waals surface area contributed by atoms with E-state index in [2.05, 4.69) is 35.3 Å². The summed E-state index contributed by atoms with van der Waals surface area (Å²) in [5.74, 6) is 0.782. The molecule has 3 aromatic rings. The smallest absolute Gasteiger partial charge is 0.277 e. The molecule has 4 heterocycles. The molecule has 1 aromatic heterocycles. The van der Waals surface area contributed by atoms with Gasteiger partial charge in [-0.1, -0.05) is 42.5 Å². The van der Waals surface area contributed by atoms with Crippen LogP contribution in [0.25, 0.3) is 0 Å². The Morgan fingerprint density at radius 2 is 1.80 bits per heavy atom. The third kappa shape index (κ3) is 4.01. The summed E-state index contributed by atoms with van der Waals surface area (Å²) in [6.45, 7) is 2.35. The normalized spacial score (nSPS) is 19.4. The Hall–Kier alpha value is -2.88. The van der Waals surface area contributed by atoms with Gasteiger partial charge in [-0.25, -0.2) is 0 Å². The van der Waals surface area contributed by atoms with Crippen LogP contribution in [0.5, 0.6) is 5.75 Å². The highest BCUT2D eigenvalue weighted by Gasteiger charge is 2.38. The highest BCUT2D eigenvalue weighted by molar-refractivity contribution is 8.00. The molecule has 1 fully saturated rings. The van der Waals surface area contributed by atoms with Gasteiger partial charge in [0, 0.05) is 35.2 Å². The number of nitrogens with zero attached hydrogens (tertiary/aromatic N) is 3.